The van der Waals surface area contributed by atoms with Crippen molar-refractivity contribution in [3.63, 3.8) is 0 Å². The molecule has 5 nitrogen and oxygen atoms in total. The number of benzene rings is 2. The lowest BCUT2D eigenvalue weighted by atomic mass is 10.1. The molecule has 2 aromatic carbocycles. The molecule has 0 bridgehead atoms. The van der Waals surface area contributed by atoms with E-state index < -0.39 is 0 Å². The van der Waals surface area contributed by atoms with Crippen LogP contribution in [0.5, 0.6) is 5.75 Å². The summed E-state index contributed by atoms with van der Waals surface area (Å²) in [7, 11) is 1.79. The number of aliphatic imine (C=N–C) groups is 1. The third kappa shape index (κ3) is 6.85. The number of phenolic OH excluding ortho intramolecular Hbond substituents is 1. The number of morpholine rings is 1. The van der Waals surface area contributed by atoms with Crippen molar-refractivity contribution in [2.24, 2.45) is 4.99 Å². The lowest BCUT2D eigenvalue weighted by Gasteiger charge is -2.38. The number of nitrogens with zero attached hydrogens (tertiary/aromatic N) is 2. The van der Waals surface area contributed by atoms with Gasteiger partial charge >= 0.3 is 0 Å². The Balaban J connectivity index is 0.00000300. The zero-order valence-corrected chi connectivity index (χ0v) is 19.2. The van der Waals surface area contributed by atoms with Gasteiger partial charge in [0.05, 0.1) is 12.6 Å². The molecule has 1 heterocycles. The van der Waals surface area contributed by atoms with Crippen molar-refractivity contribution >= 4 is 29.9 Å². The molecule has 0 radical (unpaired) electrons. The lowest BCUT2D eigenvalue weighted by Crippen LogP contribution is -2.50. The summed E-state index contributed by atoms with van der Waals surface area (Å²) in [5.41, 5.74) is 2.17. The van der Waals surface area contributed by atoms with E-state index in [1.807, 2.05) is 19.1 Å². The molecule has 2 unspecified atom stereocenters. The average molecular weight is 513 g/mol. The fourth-order valence-electron chi connectivity index (χ4n) is 3.47. The SMILES string of the molecule is CN=C(NCCCc1ccc(O)cc1)N1CC(C)OC(c2ccc(F)cc2)C1.I. The Morgan fingerprint density at radius 1 is 1.17 bits per heavy atom. The normalized spacial score (nSPS) is 19.6. The molecule has 1 fully saturated rings. The minimum atomic E-state index is -0.240. The molecule has 0 saturated carbocycles. The molecule has 0 aromatic heterocycles. The second kappa shape index (κ2) is 11.3. The van der Waals surface area contributed by atoms with Gasteiger partial charge in [-0.1, -0.05) is 24.3 Å². The standard InChI is InChI=1S/C22H28FN3O2.HI/c1-16-14-26(15-21(28-16)18-7-9-19(23)10-8-18)22(24-2)25-13-3-4-17-5-11-20(27)12-6-17;/h5-12,16,21,27H,3-4,13-15H2,1-2H3,(H,24,25);1H. The van der Waals surface area contributed by atoms with Crippen LogP contribution in [0.3, 0.4) is 0 Å². The lowest BCUT2D eigenvalue weighted by molar-refractivity contribution is -0.0605. The Morgan fingerprint density at radius 3 is 2.52 bits per heavy atom. The molecule has 1 aliphatic heterocycles. The van der Waals surface area contributed by atoms with Crippen LogP contribution in [0.15, 0.2) is 53.5 Å². The van der Waals surface area contributed by atoms with Crippen molar-refractivity contribution in [1.82, 2.24) is 10.2 Å². The number of halogens is 2. The molecule has 7 heteroatoms. The number of phenols is 1. The van der Waals surface area contributed by atoms with Crippen molar-refractivity contribution in [3.05, 3.63) is 65.5 Å². The van der Waals surface area contributed by atoms with Crippen molar-refractivity contribution in [1.29, 1.82) is 0 Å². The maximum absolute atomic E-state index is 13.2. The van der Waals surface area contributed by atoms with E-state index in [1.54, 1.807) is 31.3 Å². The average Bonchev–Trinajstić information content (AvgIpc) is 2.69. The van der Waals surface area contributed by atoms with Gasteiger partial charge in [-0.2, -0.15) is 0 Å². The number of rotatable bonds is 5. The summed E-state index contributed by atoms with van der Waals surface area (Å²) in [5, 5.41) is 12.8. The molecule has 29 heavy (non-hydrogen) atoms. The first-order valence-electron chi connectivity index (χ1n) is 9.69. The molecule has 2 atom stereocenters. The van der Waals surface area contributed by atoms with Gasteiger partial charge in [-0.3, -0.25) is 4.99 Å². The molecule has 3 rings (SSSR count). The van der Waals surface area contributed by atoms with E-state index in [0.717, 1.165) is 37.5 Å². The summed E-state index contributed by atoms with van der Waals surface area (Å²) in [6, 6.07) is 13.8. The van der Waals surface area contributed by atoms with Crippen LogP contribution in [0.2, 0.25) is 0 Å². The summed E-state index contributed by atoms with van der Waals surface area (Å²) >= 11 is 0. The molecule has 2 N–H and O–H groups in total. The Hall–Kier alpha value is -1.87. The molecule has 1 aliphatic rings. The Kier molecular flexibility index (Phi) is 9.16. The van der Waals surface area contributed by atoms with Gasteiger partial charge in [0.2, 0.25) is 0 Å². The molecule has 1 saturated heterocycles. The minimum absolute atomic E-state index is 0. The first-order valence-corrected chi connectivity index (χ1v) is 9.69. The minimum Gasteiger partial charge on any atom is -0.508 e. The van der Waals surface area contributed by atoms with Gasteiger partial charge in [0.1, 0.15) is 17.7 Å². The third-order valence-corrected chi connectivity index (χ3v) is 4.88. The number of hydrogen-bond acceptors (Lipinski definition) is 3. The van der Waals surface area contributed by atoms with Gasteiger partial charge in [-0.15, -0.1) is 24.0 Å². The van der Waals surface area contributed by atoms with Crippen LogP contribution in [0, 0.1) is 5.82 Å². The molecule has 0 spiro atoms. The van der Waals surface area contributed by atoms with Crippen molar-refractivity contribution in [2.75, 3.05) is 26.7 Å². The maximum atomic E-state index is 13.2. The predicted molar refractivity (Wildman–Crippen MR) is 124 cm³/mol. The Morgan fingerprint density at radius 2 is 1.86 bits per heavy atom. The first-order chi connectivity index (χ1) is 13.5. The Labute approximate surface area is 189 Å². The quantitative estimate of drug-likeness (QED) is 0.274. The monoisotopic (exact) mass is 513 g/mol. The largest absolute Gasteiger partial charge is 0.508 e. The van der Waals surface area contributed by atoms with Crippen molar-refractivity contribution < 1.29 is 14.2 Å². The van der Waals surface area contributed by atoms with Crippen LogP contribution < -0.4 is 5.32 Å². The van der Waals surface area contributed by atoms with Crippen LogP contribution >= 0.6 is 24.0 Å². The van der Waals surface area contributed by atoms with Crippen LogP contribution in [0.25, 0.3) is 0 Å². The molecule has 0 aliphatic carbocycles. The van der Waals surface area contributed by atoms with E-state index in [9.17, 15) is 9.50 Å². The van der Waals surface area contributed by atoms with Crippen LogP contribution in [-0.2, 0) is 11.2 Å². The second-order valence-corrected chi connectivity index (χ2v) is 7.14. The van der Waals surface area contributed by atoms with Crippen LogP contribution in [-0.4, -0.2) is 48.8 Å². The summed E-state index contributed by atoms with van der Waals surface area (Å²) in [6.45, 7) is 4.28. The summed E-state index contributed by atoms with van der Waals surface area (Å²) < 4.78 is 19.3. The van der Waals surface area contributed by atoms with E-state index in [1.165, 1.54) is 17.7 Å². The summed E-state index contributed by atoms with van der Waals surface area (Å²) in [4.78, 5) is 6.62. The summed E-state index contributed by atoms with van der Waals surface area (Å²) in [5.74, 6) is 0.906. The van der Waals surface area contributed by atoms with Gasteiger partial charge in [-0.05, 0) is 55.2 Å². The highest BCUT2D eigenvalue weighted by Gasteiger charge is 2.28. The summed E-state index contributed by atoms with van der Waals surface area (Å²) in [6.07, 6.45) is 1.84. The fourth-order valence-corrected chi connectivity index (χ4v) is 3.47. The zero-order chi connectivity index (χ0) is 19.9. The number of hydrogen-bond donors (Lipinski definition) is 2. The van der Waals surface area contributed by atoms with Gasteiger partial charge in [0, 0.05) is 20.1 Å². The van der Waals surface area contributed by atoms with Crippen molar-refractivity contribution in [2.45, 2.75) is 32.0 Å². The predicted octanol–water partition coefficient (Wildman–Crippen LogP) is 4.12. The van der Waals surface area contributed by atoms with E-state index in [4.69, 9.17) is 4.74 Å². The topological polar surface area (TPSA) is 57.1 Å². The van der Waals surface area contributed by atoms with Gasteiger partial charge in [-0.25, -0.2) is 4.39 Å². The smallest absolute Gasteiger partial charge is 0.193 e. The number of nitrogens with one attached hydrogen (secondary N) is 1. The van der Waals surface area contributed by atoms with Gasteiger partial charge in [0.25, 0.3) is 0 Å². The third-order valence-electron chi connectivity index (χ3n) is 4.88. The molecule has 158 valence electrons. The molecular formula is C22H29FIN3O2. The van der Waals surface area contributed by atoms with E-state index in [2.05, 4.69) is 15.2 Å². The van der Waals surface area contributed by atoms with Crippen LogP contribution in [0.1, 0.15) is 30.6 Å². The fraction of sp³-hybridized carbons (Fsp3) is 0.409. The number of aromatic hydroxyl groups is 1. The van der Waals surface area contributed by atoms with Gasteiger partial charge in [0.15, 0.2) is 5.96 Å². The highest BCUT2D eigenvalue weighted by atomic mass is 127. The number of ether oxygens (including phenoxy) is 1. The number of aryl methyl sites for hydroxylation is 1. The number of guanidine groups is 1. The molecule has 2 aromatic rings. The van der Waals surface area contributed by atoms with Gasteiger partial charge < -0.3 is 20.1 Å². The van der Waals surface area contributed by atoms with E-state index in [-0.39, 0.29) is 42.0 Å². The second-order valence-electron chi connectivity index (χ2n) is 7.14. The zero-order valence-electron chi connectivity index (χ0n) is 16.8. The van der Waals surface area contributed by atoms with E-state index >= 15 is 0 Å². The first kappa shape index (κ1) is 23.4. The highest BCUT2D eigenvalue weighted by molar-refractivity contribution is 14.0. The maximum Gasteiger partial charge on any atom is 0.193 e. The highest BCUT2D eigenvalue weighted by Crippen LogP contribution is 2.25. The van der Waals surface area contributed by atoms with Crippen molar-refractivity contribution in [3.8, 4) is 5.75 Å². The molecular weight excluding hydrogens is 484 g/mol. The molecule has 0 amide bonds. The van der Waals surface area contributed by atoms with E-state index in [0.29, 0.717) is 12.3 Å². The Bertz CT molecular complexity index is 784. The van der Waals surface area contributed by atoms with Crippen LogP contribution in [0.4, 0.5) is 4.39 Å².